The van der Waals surface area contributed by atoms with Crippen LogP contribution in [-0.4, -0.2) is 20.1 Å². The van der Waals surface area contributed by atoms with E-state index in [9.17, 15) is 9.50 Å². The molecule has 0 fully saturated rings. The average Bonchev–Trinajstić information content (AvgIpc) is 2.87. The van der Waals surface area contributed by atoms with Gasteiger partial charge in [-0.05, 0) is 31.0 Å². The van der Waals surface area contributed by atoms with Crippen molar-refractivity contribution in [3.8, 4) is 17.1 Å². The van der Waals surface area contributed by atoms with Crippen LogP contribution in [0.25, 0.3) is 22.3 Å². The van der Waals surface area contributed by atoms with Gasteiger partial charge in [-0.3, -0.25) is 0 Å². The summed E-state index contributed by atoms with van der Waals surface area (Å²) in [7, 11) is 0. The number of benzene rings is 1. The highest BCUT2D eigenvalue weighted by Gasteiger charge is 2.21. The standard InChI is InChI=1S/C16H14ClFN3O/c1-3-8(2)13-12(17)11(9-4-6-10(18)7-5-9)14-15(19-13)21-16(22)20-14/h4-8H,2-3H2,1H3,(H2,19,20,21,22)/t8-/m0/s1. The van der Waals surface area contributed by atoms with E-state index in [-0.39, 0.29) is 17.7 Å². The molecular formula is C16H14ClFN3O. The maximum atomic E-state index is 13.2. The van der Waals surface area contributed by atoms with Gasteiger partial charge >= 0.3 is 0 Å². The molecule has 6 heteroatoms. The number of pyridine rings is 1. The number of aromatic nitrogens is 3. The Kier molecular flexibility index (Phi) is 3.74. The van der Waals surface area contributed by atoms with Gasteiger partial charge < -0.3 is 10.1 Å². The molecule has 3 rings (SSSR count). The molecule has 1 aromatic carbocycles. The fourth-order valence-corrected chi connectivity index (χ4v) is 2.76. The normalized spacial score (nSPS) is 12.7. The van der Waals surface area contributed by atoms with Crippen LogP contribution in [0.1, 0.15) is 25.0 Å². The lowest BCUT2D eigenvalue weighted by molar-refractivity contribution is 0.438. The zero-order valence-electron chi connectivity index (χ0n) is 11.9. The summed E-state index contributed by atoms with van der Waals surface area (Å²) in [6.45, 7) is 6.03. The van der Waals surface area contributed by atoms with E-state index < -0.39 is 0 Å². The fourth-order valence-electron chi connectivity index (χ4n) is 2.36. The first-order valence-corrected chi connectivity index (χ1v) is 7.26. The molecule has 1 atom stereocenters. The number of aromatic amines is 1. The first-order chi connectivity index (χ1) is 10.5. The molecule has 2 N–H and O–H groups in total. The van der Waals surface area contributed by atoms with Crippen LogP contribution in [-0.2, 0) is 0 Å². The molecule has 0 aliphatic carbocycles. The van der Waals surface area contributed by atoms with Crippen LogP contribution in [0.2, 0.25) is 5.02 Å². The monoisotopic (exact) mass is 318 g/mol. The van der Waals surface area contributed by atoms with Crippen molar-refractivity contribution in [1.82, 2.24) is 15.0 Å². The van der Waals surface area contributed by atoms with Gasteiger partial charge in [0, 0.05) is 11.5 Å². The molecule has 2 heterocycles. The Morgan fingerprint density at radius 2 is 2.00 bits per heavy atom. The first kappa shape index (κ1) is 14.8. The van der Waals surface area contributed by atoms with E-state index in [1.54, 1.807) is 12.1 Å². The zero-order chi connectivity index (χ0) is 15.9. The average molecular weight is 319 g/mol. The molecule has 0 saturated heterocycles. The second-order valence-electron chi connectivity index (χ2n) is 5.06. The van der Waals surface area contributed by atoms with E-state index in [2.05, 4.69) is 21.9 Å². The smallest absolute Gasteiger partial charge is 0.293 e. The highest BCUT2D eigenvalue weighted by atomic mass is 35.5. The van der Waals surface area contributed by atoms with E-state index in [0.29, 0.717) is 33.0 Å². The SMILES string of the molecule is [CH2][C@@H](CC)c1nc2nc(O)[nH]c2c(-c2ccc(F)cc2)c1Cl. The van der Waals surface area contributed by atoms with E-state index >= 15 is 0 Å². The molecule has 113 valence electrons. The van der Waals surface area contributed by atoms with Gasteiger partial charge in [0.15, 0.2) is 5.65 Å². The number of H-pyrrole nitrogens is 1. The maximum Gasteiger partial charge on any atom is 0.293 e. The summed E-state index contributed by atoms with van der Waals surface area (Å²) in [6, 6.07) is 5.73. The van der Waals surface area contributed by atoms with Crippen molar-refractivity contribution >= 4 is 22.8 Å². The van der Waals surface area contributed by atoms with Crippen LogP contribution < -0.4 is 0 Å². The van der Waals surface area contributed by atoms with Crippen LogP contribution in [0.5, 0.6) is 6.01 Å². The van der Waals surface area contributed by atoms with Crippen LogP contribution in [0.15, 0.2) is 24.3 Å². The predicted octanol–water partition coefficient (Wildman–Crippen LogP) is 4.45. The van der Waals surface area contributed by atoms with Gasteiger partial charge in [-0.15, -0.1) is 0 Å². The Labute approximate surface area is 132 Å². The molecule has 0 bridgehead atoms. The van der Waals surface area contributed by atoms with Crippen molar-refractivity contribution in [2.24, 2.45) is 0 Å². The third kappa shape index (κ3) is 2.41. The summed E-state index contributed by atoms with van der Waals surface area (Å²) in [4.78, 5) is 11.1. The third-order valence-electron chi connectivity index (χ3n) is 3.61. The zero-order valence-corrected chi connectivity index (χ0v) is 12.7. The third-order valence-corrected chi connectivity index (χ3v) is 3.99. The minimum absolute atomic E-state index is 0.102. The summed E-state index contributed by atoms with van der Waals surface area (Å²) in [5.41, 5.74) is 2.84. The van der Waals surface area contributed by atoms with Crippen molar-refractivity contribution in [2.45, 2.75) is 19.3 Å². The van der Waals surface area contributed by atoms with Gasteiger partial charge in [0.2, 0.25) is 0 Å². The summed E-state index contributed by atoms with van der Waals surface area (Å²) >= 11 is 6.52. The minimum Gasteiger partial charge on any atom is -0.480 e. The van der Waals surface area contributed by atoms with E-state index in [4.69, 9.17) is 11.6 Å². The van der Waals surface area contributed by atoms with Gasteiger partial charge in [-0.1, -0.05) is 30.7 Å². The van der Waals surface area contributed by atoms with Crippen molar-refractivity contribution in [3.05, 3.63) is 47.7 Å². The van der Waals surface area contributed by atoms with Crippen molar-refractivity contribution in [2.75, 3.05) is 0 Å². The summed E-state index contributed by atoms with van der Waals surface area (Å²) in [6.07, 6.45) is 0.761. The van der Waals surface area contributed by atoms with Gasteiger partial charge in [-0.25, -0.2) is 9.37 Å². The lowest BCUT2D eigenvalue weighted by Gasteiger charge is -2.14. The first-order valence-electron chi connectivity index (χ1n) is 6.88. The van der Waals surface area contributed by atoms with Crippen LogP contribution in [0.3, 0.4) is 0 Å². The molecular weight excluding hydrogens is 305 g/mol. The van der Waals surface area contributed by atoms with Gasteiger partial charge in [0.1, 0.15) is 5.82 Å². The van der Waals surface area contributed by atoms with Gasteiger partial charge in [-0.2, -0.15) is 4.98 Å². The van der Waals surface area contributed by atoms with E-state index in [1.807, 2.05) is 6.92 Å². The number of hydrogen-bond donors (Lipinski definition) is 2. The molecule has 0 amide bonds. The van der Waals surface area contributed by atoms with Crippen LogP contribution in [0.4, 0.5) is 4.39 Å². The number of hydrogen-bond acceptors (Lipinski definition) is 3. The Morgan fingerprint density at radius 1 is 1.32 bits per heavy atom. The molecule has 0 aliphatic rings. The maximum absolute atomic E-state index is 13.2. The summed E-state index contributed by atoms with van der Waals surface area (Å²) in [5, 5.41) is 10.1. The van der Waals surface area contributed by atoms with Gasteiger partial charge in [0.05, 0.1) is 16.2 Å². The van der Waals surface area contributed by atoms with Crippen molar-refractivity contribution in [3.63, 3.8) is 0 Å². The van der Waals surface area contributed by atoms with E-state index in [1.165, 1.54) is 12.1 Å². The van der Waals surface area contributed by atoms with Crippen molar-refractivity contribution < 1.29 is 9.50 Å². The second kappa shape index (κ2) is 5.57. The second-order valence-corrected chi connectivity index (χ2v) is 5.44. The molecule has 4 nitrogen and oxygen atoms in total. The molecule has 3 aromatic rings. The van der Waals surface area contributed by atoms with E-state index in [0.717, 1.165) is 6.42 Å². The molecule has 0 saturated carbocycles. The number of nitrogens with zero attached hydrogens (tertiary/aromatic N) is 2. The molecule has 2 aromatic heterocycles. The molecule has 0 aliphatic heterocycles. The topological polar surface area (TPSA) is 61.8 Å². The largest absolute Gasteiger partial charge is 0.480 e. The van der Waals surface area contributed by atoms with Crippen LogP contribution >= 0.6 is 11.6 Å². The lowest BCUT2D eigenvalue weighted by Crippen LogP contribution is -2.00. The number of fused-ring (bicyclic) bond motifs is 1. The quantitative estimate of drug-likeness (QED) is 0.750. The Balaban J connectivity index is 2.34. The highest BCUT2D eigenvalue weighted by molar-refractivity contribution is 6.35. The fraction of sp³-hybridized carbons (Fsp3) is 0.188. The predicted molar refractivity (Wildman–Crippen MR) is 84.3 cm³/mol. The number of halogens is 2. The van der Waals surface area contributed by atoms with Gasteiger partial charge in [0.25, 0.3) is 6.01 Å². The molecule has 0 spiro atoms. The Bertz CT molecular complexity index is 830. The number of nitrogens with one attached hydrogen (secondary N) is 1. The highest BCUT2D eigenvalue weighted by Crippen LogP contribution is 2.39. The number of imidazole rings is 1. The molecule has 1 radical (unpaired) electrons. The summed E-state index contributed by atoms with van der Waals surface area (Å²) < 4.78 is 13.2. The number of aromatic hydroxyl groups is 1. The Morgan fingerprint density at radius 3 is 2.64 bits per heavy atom. The summed E-state index contributed by atoms with van der Waals surface area (Å²) in [5.74, 6) is -0.434. The van der Waals surface area contributed by atoms with Crippen molar-refractivity contribution in [1.29, 1.82) is 0 Å². The minimum atomic E-state index is -0.332. The Hall–Kier alpha value is -2.14. The molecule has 22 heavy (non-hydrogen) atoms. The molecule has 0 unspecified atom stereocenters. The number of rotatable bonds is 3. The van der Waals surface area contributed by atoms with Crippen LogP contribution in [0, 0.1) is 12.7 Å². The lowest BCUT2D eigenvalue weighted by atomic mass is 9.98.